The van der Waals surface area contributed by atoms with Gasteiger partial charge in [-0.1, -0.05) is 19.9 Å². The van der Waals surface area contributed by atoms with Gasteiger partial charge in [-0.2, -0.15) is 0 Å². The van der Waals surface area contributed by atoms with Gasteiger partial charge in [0.1, 0.15) is 11.4 Å². The molecule has 1 aliphatic rings. The average Bonchev–Trinajstić information content (AvgIpc) is 2.42. The number of aromatic hydroxyl groups is 1. The van der Waals surface area contributed by atoms with E-state index in [-0.39, 0.29) is 17.6 Å². The number of nitrogens with zero attached hydrogens (tertiary/aromatic N) is 1. The molecule has 0 radical (unpaired) electrons. The van der Waals surface area contributed by atoms with Gasteiger partial charge >= 0.3 is 6.09 Å². The Labute approximate surface area is 145 Å². The highest BCUT2D eigenvalue weighted by Gasteiger charge is 2.38. The van der Waals surface area contributed by atoms with Crippen molar-refractivity contribution < 1.29 is 14.6 Å². The third-order valence-corrected chi connectivity index (χ3v) is 4.43. The van der Waals surface area contributed by atoms with Gasteiger partial charge in [0, 0.05) is 36.3 Å². The number of benzene rings is 1. The maximum absolute atomic E-state index is 12.3. The second-order valence-electron chi connectivity index (χ2n) is 8.38. The largest absolute Gasteiger partial charge is 0.508 e. The Bertz CT molecular complexity index is 605. The standard InChI is InChI=1S/C19H30N2O3/c1-13-7-8-14(11-15(13)22)20-16-9-10-21(12-19(16,5)6)17(23)24-18(2,3)4/h7-8,11,16,20,22H,9-10,12H2,1-6H3. The number of ether oxygens (including phenoxy) is 1. The van der Waals surface area contributed by atoms with Gasteiger partial charge in [-0.3, -0.25) is 0 Å². The van der Waals surface area contributed by atoms with Crippen molar-refractivity contribution in [3.63, 3.8) is 0 Å². The molecule has 1 atom stereocenters. The molecule has 24 heavy (non-hydrogen) atoms. The van der Waals surface area contributed by atoms with E-state index < -0.39 is 5.60 Å². The minimum absolute atomic E-state index is 0.102. The van der Waals surface area contributed by atoms with Crippen LogP contribution < -0.4 is 5.32 Å². The highest BCUT2D eigenvalue weighted by Crippen LogP contribution is 2.33. The van der Waals surface area contributed by atoms with Crippen LogP contribution in [0.4, 0.5) is 10.5 Å². The second-order valence-corrected chi connectivity index (χ2v) is 8.38. The van der Waals surface area contributed by atoms with E-state index in [1.54, 1.807) is 11.0 Å². The number of aryl methyl sites for hydroxylation is 1. The Morgan fingerprint density at radius 2 is 2.04 bits per heavy atom. The zero-order valence-corrected chi connectivity index (χ0v) is 15.6. The third-order valence-electron chi connectivity index (χ3n) is 4.43. The molecule has 2 N–H and O–H groups in total. The number of hydrogen-bond acceptors (Lipinski definition) is 4. The van der Waals surface area contributed by atoms with Crippen LogP contribution in [0, 0.1) is 12.3 Å². The van der Waals surface area contributed by atoms with Crippen molar-refractivity contribution in [2.45, 2.75) is 59.6 Å². The summed E-state index contributed by atoms with van der Waals surface area (Å²) < 4.78 is 5.49. The van der Waals surface area contributed by atoms with Crippen LogP contribution in [0.5, 0.6) is 5.75 Å². The molecule has 0 spiro atoms. The van der Waals surface area contributed by atoms with Gasteiger partial charge < -0.3 is 20.1 Å². The summed E-state index contributed by atoms with van der Waals surface area (Å²) in [6.45, 7) is 13.1. The number of carbonyl (C=O) groups excluding carboxylic acids is 1. The summed E-state index contributed by atoms with van der Waals surface area (Å²) in [7, 11) is 0. The van der Waals surface area contributed by atoms with Gasteiger partial charge in [-0.05, 0) is 45.7 Å². The molecule has 1 aromatic carbocycles. The molecule has 1 heterocycles. The van der Waals surface area contributed by atoms with Crippen molar-refractivity contribution in [3.8, 4) is 5.75 Å². The summed E-state index contributed by atoms with van der Waals surface area (Å²) in [6.07, 6.45) is 0.586. The second kappa shape index (κ2) is 6.54. The number of anilines is 1. The van der Waals surface area contributed by atoms with Crippen LogP contribution in [-0.2, 0) is 4.74 Å². The van der Waals surface area contributed by atoms with Crippen molar-refractivity contribution in [3.05, 3.63) is 23.8 Å². The summed E-state index contributed by atoms with van der Waals surface area (Å²) in [5, 5.41) is 13.4. The van der Waals surface area contributed by atoms with E-state index in [1.807, 2.05) is 39.8 Å². The number of rotatable bonds is 2. The Hall–Kier alpha value is -1.91. The fourth-order valence-corrected chi connectivity index (χ4v) is 3.01. The van der Waals surface area contributed by atoms with E-state index in [2.05, 4.69) is 19.2 Å². The smallest absolute Gasteiger partial charge is 0.410 e. The molecular weight excluding hydrogens is 304 g/mol. The van der Waals surface area contributed by atoms with Gasteiger partial charge in [0.15, 0.2) is 0 Å². The lowest BCUT2D eigenvalue weighted by atomic mass is 9.79. The van der Waals surface area contributed by atoms with Crippen molar-refractivity contribution >= 4 is 11.8 Å². The number of nitrogens with one attached hydrogen (secondary N) is 1. The van der Waals surface area contributed by atoms with Gasteiger partial charge in [-0.25, -0.2) is 4.79 Å². The van der Waals surface area contributed by atoms with Crippen LogP contribution in [-0.4, -0.2) is 40.8 Å². The SMILES string of the molecule is Cc1ccc(NC2CCN(C(=O)OC(C)(C)C)CC2(C)C)cc1O. The maximum atomic E-state index is 12.3. The Morgan fingerprint density at radius 3 is 2.58 bits per heavy atom. The minimum atomic E-state index is -0.476. The predicted molar refractivity (Wildman–Crippen MR) is 96.5 cm³/mol. The van der Waals surface area contributed by atoms with Gasteiger partial charge in [0.05, 0.1) is 0 Å². The predicted octanol–water partition coefficient (Wildman–Crippen LogP) is 4.15. The van der Waals surface area contributed by atoms with Crippen molar-refractivity contribution in [2.24, 2.45) is 5.41 Å². The quantitative estimate of drug-likeness (QED) is 0.853. The Morgan fingerprint density at radius 1 is 1.38 bits per heavy atom. The van der Waals surface area contributed by atoms with Crippen LogP contribution in [0.3, 0.4) is 0 Å². The van der Waals surface area contributed by atoms with Crippen molar-refractivity contribution in [2.75, 3.05) is 18.4 Å². The lowest BCUT2D eigenvalue weighted by molar-refractivity contribution is 0.00691. The number of amides is 1. The molecule has 5 heteroatoms. The fraction of sp³-hybridized carbons (Fsp3) is 0.632. The molecule has 134 valence electrons. The van der Waals surface area contributed by atoms with E-state index in [0.717, 1.165) is 17.7 Å². The summed E-state index contributed by atoms with van der Waals surface area (Å²) in [5.41, 5.74) is 1.19. The van der Waals surface area contributed by atoms with E-state index in [4.69, 9.17) is 4.74 Å². The topological polar surface area (TPSA) is 61.8 Å². The number of phenolic OH excluding ortho intramolecular Hbond substituents is 1. The Kier molecular flexibility index (Phi) is 5.02. The monoisotopic (exact) mass is 334 g/mol. The summed E-state index contributed by atoms with van der Waals surface area (Å²) in [4.78, 5) is 14.1. The highest BCUT2D eigenvalue weighted by molar-refractivity contribution is 5.68. The van der Waals surface area contributed by atoms with Crippen LogP contribution >= 0.6 is 0 Å². The fourth-order valence-electron chi connectivity index (χ4n) is 3.01. The van der Waals surface area contributed by atoms with Gasteiger partial charge in [-0.15, -0.1) is 0 Å². The van der Waals surface area contributed by atoms with Crippen LogP contribution in [0.2, 0.25) is 0 Å². The molecule has 2 rings (SSSR count). The normalized spacial score (nSPS) is 20.6. The molecule has 0 bridgehead atoms. The number of carbonyl (C=O) groups is 1. The van der Waals surface area contributed by atoms with Crippen molar-refractivity contribution in [1.82, 2.24) is 4.90 Å². The number of likely N-dealkylation sites (tertiary alicyclic amines) is 1. The molecule has 1 saturated heterocycles. The maximum Gasteiger partial charge on any atom is 0.410 e. The first-order valence-corrected chi connectivity index (χ1v) is 8.52. The first kappa shape index (κ1) is 18.4. The number of hydrogen-bond donors (Lipinski definition) is 2. The molecule has 1 aromatic rings. The average molecular weight is 334 g/mol. The molecular formula is C19H30N2O3. The first-order chi connectivity index (χ1) is 11.0. The van der Waals surface area contributed by atoms with Crippen molar-refractivity contribution in [1.29, 1.82) is 0 Å². The Balaban J connectivity index is 2.03. The molecule has 1 aliphatic heterocycles. The van der Waals surface area contributed by atoms with Crippen LogP contribution in [0.15, 0.2) is 18.2 Å². The minimum Gasteiger partial charge on any atom is -0.508 e. The molecule has 1 fully saturated rings. The zero-order valence-electron chi connectivity index (χ0n) is 15.6. The third kappa shape index (κ3) is 4.56. The van der Waals surface area contributed by atoms with Gasteiger partial charge in [0.2, 0.25) is 0 Å². The lowest BCUT2D eigenvalue weighted by Gasteiger charge is -2.45. The lowest BCUT2D eigenvalue weighted by Crippen LogP contribution is -2.54. The zero-order chi connectivity index (χ0) is 18.1. The highest BCUT2D eigenvalue weighted by atomic mass is 16.6. The molecule has 1 amide bonds. The summed E-state index contributed by atoms with van der Waals surface area (Å²) in [6, 6.07) is 5.86. The van der Waals surface area contributed by atoms with E-state index in [9.17, 15) is 9.90 Å². The summed E-state index contributed by atoms with van der Waals surface area (Å²) >= 11 is 0. The van der Waals surface area contributed by atoms with Crippen LogP contribution in [0.1, 0.15) is 46.6 Å². The molecule has 0 saturated carbocycles. The number of phenols is 1. The van der Waals surface area contributed by atoms with E-state index in [0.29, 0.717) is 18.8 Å². The molecule has 1 unspecified atom stereocenters. The molecule has 0 aliphatic carbocycles. The molecule has 5 nitrogen and oxygen atoms in total. The number of piperidine rings is 1. The van der Waals surface area contributed by atoms with Crippen LogP contribution in [0.25, 0.3) is 0 Å². The van der Waals surface area contributed by atoms with Gasteiger partial charge in [0.25, 0.3) is 0 Å². The molecule has 0 aromatic heterocycles. The summed E-state index contributed by atoms with van der Waals surface area (Å²) in [5.74, 6) is 0.295. The first-order valence-electron chi connectivity index (χ1n) is 8.52. The van der Waals surface area contributed by atoms with E-state index >= 15 is 0 Å². The van der Waals surface area contributed by atoms with E-state index in [1.165, 1.54) is 0 Å².